The molecule has 1 heterocycles. The minimum atomic E-state index is -0.157. The van der Waals surface area contributed by atoms with Gasteiger partial charge in [-0.05, 0) is 37.6 Å². The Morgan fingerprint density at radius 1 is 1.56 bits per heavy atom. The fourth-order valence-electron chi connectivity index (χ4n) is 1.96. The molecule has 1 saturated heterocycles. The first kappa shape index (κ1) is 13.3. The molecule has 0 aliphatic carbocycles. The minimum Gasteiger partial charge on any atom is -0.370 e. The number of amides is 1. The molecule has 1 atom stereocenters. The lowest BCUT2D eigenvalue weighted by Crippen LogP contribution is -2.29. The highest BCUT2D eigenvalue weighted by Crippen LogP contribution is 2.14. The number of carbonyl (C=O) groups is 1. The molecule has 5 heteroatoms. The van der Waals surface area contributed by atoms with Gasteiger partial charge in [0.15, 0.2) is 0 Å². The van der Waals surface area contributed by atoms with Crippen LogP contribution in [-0.4, -0.2) is 31.7 Å². The number of anilines is 1. The van der Waals surface area contributed by atoms with Crippen LogP contribution in [0.3, 0.4) is 0 Å². The number of halogens is 1. The summed E-state index contributed by atoms with van der Waals surface area (Å²) in [4.78, 5) is 11.6. The van der Waals surface area contributed by atoms with Crippen LogP contribution in [0.4, 0.5) is 5.69 Å². The maximum absolute atomic E-state index is 11.6. The lowest BCUT2D eigenvalue weighted by Gasteiger charge is -2.11. The molecule has 98 valence electrons. The molecule has 4 nitrogen and oxygen atoms in total. The van der Waals surface area contributed by atoms with Crippen molar-refractivity contribution in [3.63, 3.8) is 0 Å². The van der Waals surface area contributed by atoms with Crippen LogP contribution in [0, 0.1) is 0 Å². The molecule has 1 amide bonds. The number of hydrogen-bond acceptors (Lipinski definition) is 3. The fourth-order valence-corrected chi connectivity index (χ4v) is 2.15. The van der Waals surface area contributed by atoms with Gasteiger partial charge >= 0.3 is 0 Å². The molecule has 1 aliphatic heterocycles. The molecule has 1 aromatic carbocycles. The van der Waals surface area contributed by atoms with Gasteiger partial charge in [0.2, 0.25) is 5.91 Å². The van der Waals surface area contributed by atoms with Gasteiger partial charge in [-0.15, -0.1) is 0 Å². The van der Waals surface area contributed by atoms with E-state index in [0.29, 0.717) is 23.4 Å². The number of rotatable bonds is 5. The minimum absolute atomic E-state index is 0.0741. The Balaban J connectivity index is 1.68. The molecule has 0 radical (unpaired) electrons. The number of hydrogen-bond donors (Lipinski definition) is 2. The Morgan fingerprint density at radius 3 is 3.17 bits per heavy atom. The SMILES string of the molecule is O=C(COC[C@@H]1CCCN1)Nc1cccc(Cl)c1. The smallest absolute Gasteiger partial charge is 0.250 e. The largest absolute Gasteiger partial charge is 0.370 e. The average Bonchev–Trinajstić information content (AvgIpc) is 2.82. The van der Waals surface area contributed by atoms with Gasteiger partial charge < -0.3 is 15.4 Å². The second-order valence-electron chi connectivity index (χ2n) is 4.37. The van der Waals surface area contributed by atoms with Crippen molar-refractivity contribution in [3.8, 4) is 0 Å². The summed E-state index contributed by atoms with van der Waals surface area (Å²) < 4.78 is 5.37. The predicted octanol–water partition coefficient (Wildman–Crippen LogP) is 2.05. The lowest BCUT2D eigenvalue weighted by molar-refractivity contribution is -0.120. The van der Waals surface area contributed by atoms with E-state index in [1.165, 1.54) is 6.42 Å². The van der Waals surface area contributed by atoms with Crippen molar-refractivity contribution < 1.29 is 9.53 Å². The molecule has 1 fully saturated rings. The van der Waals surface area contributed by atoms with Crippen molar-refractivity contribution in [3.05, 3.63) is 29.3 Å². The Bertz CT molecular complexity index is 406. The quantitative estimate of drug-likeness (QED) is 0.859. The standard InChI is InChI=1S/C13H17ClN2O2/c14-10-3-1-4-11(7-10)16-13(17)9-18-8-12-5-2-6-15-12/h1,3-4,7,12,15H,2,5-6,8-9H2,(H,16,17)/t12-/m0/s1. The van der Waals surface area contributed by atoms with E-state index < -0.39 is 0 Å². The van der Waals surface area contributed by atoms with Crippen LogP contribution < -0.4 is 10.6 Å². The Morgan fingerprint density at radius 2 is 2.44 bits per heavy atom. The second-order valence-corrected chi connectivity index (χ2v) is 4.80. The first-order valence-electron chi connectivity index (χ1n) is 6.10. The lowest BCUT2D eigenvalue weighted by atomic mass is 10.2. The van der Waals surface area contributed by atoms with Crippen molar-refractivity contribution >= 4 is 23.2 Å². The highest BCUT2D eigenvalue weighted by Gasteiger charge is 2.14. The molecule has 0 unspecified atom stereocenters. The highest BCUT2D eigenvalue weighted by atomic mass is 35.5. The van der Waals surface area contributed by atoms with Gasteiger partial charge in [-0.25, -0.2) is 0 Å². The van der Waals surface area contributed by atoms with Gasteiger partial charge in [-0.2, -0.15) is 0 Å². The predicted molar refractivity (Wildman–Crippen MR) is 71.9 cm³/mol. The van der Waals surface area contributed by atoms with Crippen LogP contribution in [0.2, 0.25) is 5.02 Å². The van der Waals surface area contributed by atoms with Crippen molar-refractivity contribution in [1.29, 1.82) is 0 Å². The summed E-state index contributed by atoms with van der Waals surface area (Å²) in [7, 11) is 0. The molecule has 1 aromatic rings. The normalized spacial score (nSPS) is 18.8. The molecule has 0 aromatic heterocycles. The second kappa shape index (κ2) is 6.73. The van der Waals surface area contributed by atoms with Crippen LogP contribution in [0.25, 0.3) is 0 Å². The van der Waals surface area contributed by atoms with Gasteiger partial charge in [0.05, 0.1) is 6.61 Å². The molecular formula is C13H17ClN2O2. The van der Waals surface area contributed by atoms with E-state index in [0.717, 1.165) is 13.0 Å². The third kappa shape index (κ3) is 4.29. The monoisotopic (exact) mass is 268 g/mol. The zero-order valence-electron chi connectivity index (χ0n) is 10.1. The molecule has 0 saturated carbocycles. The Labute approximate surface area is 112 Å². The summed E-state index contributed by atoms with van der Waals surface area (Å²) in [6, 6.07) is 7.45. The van der Waals surface area contributed by atoms with Crippen LogP contribution >= 0.6 is 11.6 Å². The van der Waals surface area contributed by atoms with Crippen molar-refractivity contribution in [2.24, 2.45) is 0 Å². The van der Waals surface area contributed by atoms with Crippen LogP contribution in [0.1, 0.15) is 12.8 Å². The fraction of sp³-hybridized carbons (Fsp3) is 0.462. The van der Waals surface area contributed by atoms with E-state index in [-0.39, 0.29) is 12.5 Å². The van der Waals surface area contributed by atoms with E-state index in [1.807, 2.05) is 0 Å². The van der Waals surface area contributed by atoms with Gasteiger partial charge in [-0.1, -0.05) is 17.7 Å². The number of nitrogens with one attached hydrogen (secondary N) is 2. The first-order chi connectivity index (χ1) is 8.74. The summed E-state index contributed by atoms with van der Waals surface area (Å²) in [5, 5.41) is 6.65. The van der Waals surface area contributed by atoms with E-state index in [9.17, 15) is 4.79 Å². The highest BCUT2D eigenvalue weighted by molar-refractivity contribution is 6.30. The summed E-state index contributed by atoms with van der Waals surface area (Å²) in [5.74, 6) is -0.157. The third-order valence-electron chi connectivity index (χ3n) is 2.82. The molecule has 18 heavy (non-hydrogen) atoms. The van der Waals surface area contributed by atoms with Gasteiger partial charge in [0.25, 0.3) is 0 Å². The van der Waals surface area contributed by atoms with Crippen molar-refractivity contribution in [1.82, 2.24) is 5.32 Å². The van der Waals surface area contributed by atoms with Crippen molar-refractivity contribution in [2.45, 2.75) is 18.9 Å². The first-order valence-corrected chi connectivity index (χ1v) is 6.48. The zero-order chi connectivity index (χ0) is 12.8. The van der Waals surface area contributed by atoms with Crippen LogP contribution in [-0.2, 0) is 9.53 Å². The van der Waals surface area contributed by atoms with Crippen molar-refractivity contribution in [2.75, 3.05) is 25.1 Å². The summed E-state index contributed by atoms with van der Waals surface area (Å²) in [5.41, 5.74) is 0.690. The third-order valence-corrected chi connectivity index (χ3v) is 3.06. The molecule has 2 N–H and O–H groups in total. The zero-order valence-corrected chi connectivity index (χ0v) is 10.9. The molecule has 1 aliphatic rings. The van der Waals surface area contributed by atoms with E-state index in [4.69, 9.17) is 16.3 Å². The van der Waals surface area contributed by atoms with E-state index >= 15 is 0 Å². The summed E-state index contributed by atoms with van der Waals surface area (Å²) in [6.07, 6.45) is 2.30. The number of benzene rings is 1. The average molecular weight is 269 g/mol. The van der Waals surface area contributed by atoms with Gasteiger partial charge in [0, 0.05) is 16.8 Å². The van der Waals surface area contributed by atoms with Gasteiger partial charge in [0.1, 0.15) is 6.61 Å². The molecule has 2 rings (SSSR count). The van der Waals surface area contributed by atoms with Crippen LogP contribution in [0.15, 0.2) is 24.3 Å². The Hall–Kier alpha value is -1.10. The van der Waals surface area contributed by atoms with E-state index in [2.05, 4.69) is 10.6 Å². The van der Waals surface area contributed by atoms with Crippen LogP contribution in [0.5, 0.6) is 0 Å². The van der Waals surface area contributed by atoms with Gasteiger partial charge in [-0.3, -0.25) is 4.79 Å². The maximum atomic E-state index is 11.6. The molecule has 0 spiro atoms. The molecular weight excluding hydrogens is 252 g/mol. The topological polar surface area (TPSA) is 50.4 Å². The summed E-state index contributed by atoms with van der Waals surface area (Å²) in [6.45, 7) is 1.70. The Kier molecular flexibility index (Phi) is 4.99. The maximum Gasteiger partial charge on any atom is 0.250 e. The number of carbonyl (C=O) groups excluding carboxylic acids is 1. The molecule has 0 bridgehead atoms. The number of ether oxygens (including phenoxy) is 1. The van der Waals surface area contributed by atoms with E-state index in [1.54, 1.807) is 24.3 Å². The summed E-state index contributed by atoms with van der Waals surface area (Å²) >= 11 is 5.83.